The minimum atomic E-state index is 0.568. The lowest BCUT2D eigenvalue weighted by Crippen LogP contribution is -2.32. The first kappa shape index (κ1) is 16.2. The summed E-state index contributed by atoms with van der Waals surface area (Å²) in [6.45, 7) is 6.62. The van der Waals surface area contributed by atoms with Gasteiger partial charge < -0.3 is 20.7 Å². The summed E-state index contributed by atoms with van der Waals surface area (Å²) in [5, 5.41) is 3.10. The Balaban J connectivity index is 3.44. The predicted octanol–water partition coefficient (Wildman–Crippen LogP) is 0.659. The molecule has 0 unspecified atom stereocenters. The van der Waals surface area contributed by atoms with Crippen LogP contribution >= 0.6 is 0 Å². The number of nitrogens with zero attached hydrogens (tertiary/aromatic N) is 2. The highest BCUT2D eigenvalue weighted by molar-refractivity contribution is 5.77. The molecule has 0 atom stereocenters. The van der Waals surface area contributed by atoms with E-state index in [9.17, 15) is 0 Å². The topological polar surface area (TPSA) is 62.9 Å². The molecule has 0 aromatic rings. The summed E-state index contributed by atoms with van der Waals surface area (Å²) in [7, 11) is 3.81. The zero-order chi connectivity index (χ0) is 12.9. The largest absolute Gasteiger partial charge is 0.383 e. The maximum Gasteiger partial charge on any atom is 0.188 e. The molecule has 0 saturated carbocycles. The quantitative estimate of drug-likeness (QED) is 0.337. The van der Waals surface area contributed by atoms with Crippen LogP contribution in [0.4, 0.5) is 0 Å². The minimum absolute atomic E-state index is 0.568. The van der Waals surface area contributed by atoms with Gasteiger partial charge in [-0.25, -0.2) is 0 Å². The number of ether oxygens (including phenoxy) is 1. The zero-order valence-corrected chi connectivity index (χ0v) is 11.5. The minimum Gasteiger partial charge on any atom is -0.383 e. The van der Waals surface area contributed by atoms with E-state index in [0.717, 1.165) is 45.6 Å². The van der Waals surface area contributed by atoms with Gasteiger partial charge in [0.2, 0.25) is 0 Å². The van der Waals surface area contributed by atoms with E-state index in [1.807, 2.05) is 0 Å². The van der Waals surface area contributed by atoms with Crippen molar-refractivity contribution in [2.75, 3.05) is 46.9 Å². The van der Waals surface area contributed by atoms with E-state index in [4.69, 9.17) is 10.5 Å². The number of hydrogen-bond acceptors (Lipinski definition) is 3. The molecule has 0 aliphatic heterocycles. The highest BCUT2D eigenvalue weighted by Gasteiger charge is 1.97. The maximum atomic E-state index is 5.72. The van der Waals surface area contributed by atoms with E-state index in [-0.39, 0.29) is 0 Å². The fraction of sp³-hybridized carbons (Fsp3) is 0.917. The Morgan fingerprint density at radius 2 is 2.12 bits per heavy atom. The maximum absolute atomic E-state index is 5.72. The zero-order valence-electron chi connectivity index (χ0n) is 11.5. The first-order chi connectivity index (χ1) is 8.20. The smallest absolute Gasteiger partial charge is 0.188 e. The number of nitrogens with one attached hydrogen (secondary N) is 1. The molecular formula is C12H28N4O. The van der Waals surface area contributed by atoms with Gasteiger partial charge in [-0.3, -0.25) is 4.99 Å². The number of unbranched alkanes of at least 4 members (excludes halogenated alkanes) is 1. The van der Waals surface area contributed by atoms with Gasteiger partial charge in [0.1, 0.15) is 0 Å². The molecule has 0 fully saturated rings. The van der Waals surface area contributed by atoms with E-state index >= 15 is 0 Å². The van der Waals surface area contributed by atoms with E-state index in [1.54, 1.807) is 7.11 Å². The first-order valence-corrected chi connectivity index (χ1v) is 6.42. The Morgan fingerprint density at radius 3 is 2.76 bits per heavy atom. The van der Waals surface area contributed by atoms with Gasteiger partial charge in [-0.15, -0.1) is 0 Å². The summed E-state index contributed by atoms with van der Waals surface area (Å²) in [5.74, 6) is 0.568. The van der Waals surface area contributed by atoms with Crippen LogP contribution < -0.4 is 11.1 Å². The number of hydrogen-bond donors (Lipinski definition) is 2. The van der Waals surface area contributed by atoms with Crippen molar-refractivity contribution in [1.82, 2.24) is 10.2 Å². The van der Waals surface area contributed by atoms with Crippen LogP contribution in [0.25, 0.3) is 0 Å². The van der Waals surface area contributed by atoms with Crippen molar-refractivity contribution in [3.8, 4) is 0 Å². The lowest BCUT2D eigenvalue weighted by Gasteiger charge is -2.14. The van der Waals surface area contributed by atoms with Gasteiger partial charge in [-0.1, -0.05) is 13.3 Å². The molecule has 0 aromatic carbocycles. The molecule has 0 radical (unpaired) electrons. The average Bonchev–Trinajstić information content (AvgIpc) is 2.32. The molecule has 0 aliphatic carbocycles. The monoisotopic (exact) mass is 244 g/mol. The number of methoxy groups -OCH3 is 1. The Morgan fingerprint density at radius 1 is 1.35 bits per heavy atom. The van der Waals surface area contributed by atoms with Crippen LogP contribution in [-0.4, -0.2) is 57.8 Å². The van der Waals surface area contributed by atoms with Crippen LogP contribution in [0.2, 0.25) is 0 Å². The summed E-state index contributed by atoms with van der Waals surface area (Å²) in [5.41, 5.74) is 5.72. The number of guanidine groups is 1. The van der Waals surface area contributed by atoms with Gasteiger partial charge in [0.25, 0.3) is 0 Å². The van der Waals surface area contributed by atoms with Gasteiger partial charge in [0.05, 0.1) is 6.61 Å². The first-order valence-electron chi connectivity index (χ1n) is 6.42. The van der Waals surface area contributed by atoms with Crippen LogP contribution in [0.15, 0.2) is 4.99 Å². The van der Waals surface area contributed by atoms with Gasteiger partial charge in [-0.05, 0) is 26.4 Å². The molecule has 5 heteroatoms. The van der Waals surface area contributed by atoms with Gasteiger partial charge >= 0.3 is 0 Å². The van der Waals surface area contributed by atoms with Crippen molar-refractivity contribution in [3.05, 3.63) is 0 Å². The number of rotatable bonds is 10. The molecule has 0 heterocycles. The van der Waals surface area contributed by atoms with Crippen LogP contribution in [-0.2, 0) is 4.74 Å². The van der Waals surface area contributed by atoms with Crippen molar-refractivity contribution in [3.63, 3.8) is 0 Å². The number of aliphatic imine (C=N–C) groups is 1. The van der Waals surface area contributed by atoms with Gasteiger partial charge in [0, 0.05) is 26.7 Å². The lowest BCUT2D eigenvalue weighted by molar-refractivity contribution is 0.161. The van der Waals surface area contributed by atoms with Gasteiger partial charge in [0.15, 0.2) is 5.96 Å². The Hall–Kier alpha value is -0.810. The molecular weight excluding hydrogens is 216 g/mol. The summed E-state index contributed by atoms with van der Waals surface area (Å²) < 4.78 is 5.01. The number of likely N-dealkylation sites (N-methyl/N-ethyl adjacent to an activating group) is 1. The van der Waals surface area contributed by atoms with E-state index in [1.165, 1.54) is 6.42 Å². The van der Waals surface area contributed by atoms with E-state index in [0.29, 0.717) is 5.96 Å². The van der Waals surface area contributed by atoms with Crippen molar-refractivity contribution in [2.45, 2.75) is 26.2 Å². The molecule has 0 rings (SSSR count). The Bertz CT molecular complexity index is 197. The summed E-state index contributed by atoms with van der Waals surface area (Å²) in [6, 6.07) is 0. The van der Waals surface area contributed by atoms with E-state index < -0.39 is 0 Å². The van der Waals surface area contributed by atoms with Crippen molar-refractivity contribution in [1.29, 1.82) is 0 Å². The van der Waals surface area contributed by atoms with Crippen molar-refractivity contribution in [2.24, 2.45) is 10.7 Å². The molecule has 0 saturated heterocycles. The molecule has 0 aromatic heterocycles. The molecule has 17 heavy (non-hydrogen) atoms. The lowest BCUT2D eigenvalue weighted by atomic mass is 10.3. The normalized spacial score (nSPS) is 12.1. The van der Waals surface area contributed by atoms with Crippen molar-refractivity contribution >= 4 is 5.96 Å². The Labute approximate surface area is 105 Å². The summed E-state index contributed by atoms with van der Waals surface area (Å²) in [6.07, 6.45) is 3.33. The third-order valence-corrected chi connectivity index (χ3v) is 2.49. The molecule has 0 aliphatic rings. The third-order valence-electron chi connectivity index (χ3n) is 2.49. The van der Waals surface area contributed by atoms with Crippen LogP contribution in [0.3, 0.4) is 0 Å². The van der Waals surface area contributed by atoms with Crippen LogP contribution in [0.5, 0.6) is 0 Å². The van der Waals surface area contributed by atoms with Crippen molar-refractivity contribution < 1.29 is 4.74 Å². The van der Waals surface area contributed by atoms with E-state index in [2.05, 4.69) is 29.2 Å². The molecule has 0 amide bonds. The molecule has 0 bridgehead atoms. The standard InChI is InChI=1S/C12H28N4O/c1-4-5-7-14-12(13)15-8-6-9-16(2)10-11-17-3/h4-11H2,1-3H3,(H3,13,14,15). The SMILES string of the molecule is CCCCNC(N)=NCCCN(C)CCOC. The highest BCUT2D eigenvalue weighted by Crippen LogP contribution is 1.88. The van der Waals surface area contributed by atoms with Crippen LogP contribution in [0, 0.1) is 0 Å². The second-order valence-electron chi connectivity index (χ2n) is 4.20. The average molecular weight is 244 g/mol. The highest BCUT2D eigenvalue weighted by atomic mass is 16.5. The molecule has 102 valence electrons. The fourth-order valence-corrected chi connectivity index (χ4v) is 1.35. The summed E-state index contributed by atoms with van der Waals surface area (Å²) in [4.78, 5) is 6.51. The van der Waals surface area contributed by atoms with Gasteiger partial charge in [-0.2, -0.15) is 0 Å². The third kappa shape index (κ3) is 11.5. The fourth-order valence-electron chi connectivity index (χ4n) is 1.35. The molecule has 0 spiro atoms. The molecule has 3 N–H and O–H groups in total. The second-order valence-corrected chi connectivity index (χ2v) is 4.20. The second kappa shape index (κ2) is 11.7. The Kier molecular flexibility index (Phi) is 11.1. The van der Waals surface area contributed by atoms with Crippen LogP contribution in [0.1, 0.15) is 26.2 Å². The molecule has 5 nitrogen and oxygen atoms in total. The number of nitrogens with two attached hydrogens (primary N) is 1. The summed E-state index contributed by atoms with van der Waals surface area (Å²) >= 11 is 0. The predicted molar refractivity (Wildman–Crippen MR) is 73.4 cm³/mol.